The van der Waals surface area contributed by atoms with Crippen molar-refractivity contribution in [2.24, 2.45) is 5.92 Å². The Morgan fingerprint density at radius 2 is 2.05 bits per heavy atom. The Bertz CT molecular complexity index is 451. The molecule has 0 spiro atoms. The molecular weight excluding hydrogens is 376 g/mol. The smallest absolute Gasteiger partial charge is 0.141 e. The highest BCUT2D eigenvalue weighted by atomic mass is 79.9. The van der Waals surface area contributed by atoms with Crippen LogP contribution in [-0.4, -0.2) is 26.9 Å². The van der Waals surface area contributed by atoms with E-state index < -0.39 is 0 Å². The van der Waals surface area contributed by atoms with Gasteiger partial charge in [-0.3, -0.25) is 0 Å². The second kappa shape index (κ2) is 6.46. The molecule has 1 heterocycles. The minimum Gasteiger partial charge on any atom is -0.495 e. The zero-order chi connectivity index (χ0) is 14.0. The van der Waals surface area contributed by atoms with Gasteiger partial charge in [-0.05, 0) is 35.3 Å². The summed E-state index contributed by atoms with van der Waals surface area (Å²) in [6.07, 6.45) is 1.32. The van der Waals surface area contributed by atoms with Crippen molar-refractivity contribution in [3.63, 3.8) is 0 Å². The van der Waals surface area contributed by atoms with Gasteiger partial charge in [-0.25, -0.2) is 0 Å². The van der Waals surface area contributed by atoms with Gasteiger partial charge in [0.25, 0.3) is 0 Å². The van der Waals surface area contributed by atoms with Crippen molar-refractivity contribution in [2.45, 2.75) is 24.3 Å². The molecule has 0 saturated carbocycles. The Morgan fingerprint density at radius 3 is 2.58 bits per heavy atom. The van der Waals surface area contributed by atoms with E-state index in [0.29, 0.717) is 5.92 Å². The standard InChI is InChI=1S/C14H18Br2O3/c1-8-9(6-7-19-8)12(15)10-4-5-11(17-2)13(16)14(10)18-3/h4-5,8-9,12H,6-7H2,1-3H3. The fourth-order valence-corrected chi connectivity index (χ4v) is 4.24. The maximum absolute atomic E-state index is 5.65. The van der Waals surface area contributed by atoms with E-state index in [2.05, 4.69) is 38.8 Å². The Hall–Kier alpha value is -0.260. The number of ether oxygens (including phenoxy) is 3. The SMILES string of the molecule is COc1ccc(C(Br)C2CCOC2C)c(OC)c1Br. The summed E-state index contributed by atoms with van der Waals surface area (Å²) in [7, 11) is 3.33. The van der Waals surface area contributed by atoms with Crippen molar-refractivity contribution in [1.29, 1.82) is 0 Å². The molecule has 1 aromatic rings. The molecule has 1 aliphatic rings. The lowest BCUT2D eigenvalue weighted by Gasteiger charge is -2.23. The first-order chi connectivity index (χ1) is 9.10. The van der Waals surface area contributed by atoms with E-state index in [1.54, 1.807) is 14.2 Å². The van der Waals surface area contributed by atoms with E-state index in [0.717, 1.165) is 34.6 Å². The summed E-state index contributed by atoms with van der Waals surface area (Å²) in [6, 6.07) is 4.00. The Balaban J connectivity index is 2.36. The summed E-state index contributed by atoms with van der Waals surface area (Å²) in [5.41, 5.74) is 1.12. The molecule has 0 amide bonds. The van der Waals surface area contributed by atoms with E-state index in [4.69, 9.17) is 14.2 Å². The van der Waals surface area contributed by atoms with Gasteiger partial charge in [0.1, 0.15) is 16.0 Å². The highest BCUT2D eigenvalue weighted by Crippen LogP contribution is 2.47. The number of methoxy groups -OCH3 is 2. The van der Waals surface area contributed by atoms with Crippen molar-refractivity contribution in [2.75, 3.05) is 20.8 Å². The largest absolute Gasteiger partial charge is 0.495 e. The van der Waals surface area contributed by atoms with Crippen LogP contribution in [0.5, 0.6) is 11.5 Å². The molecule has 1 aliphatic heterocycles. The second-order valence-corrected chi connectivity index (χ2v) is 6.41. The fourth-order valence-electron chi connectivity index (χ4n) is 2.50. The Labute approximate surface area is 130 Å². The van der Waals surface area contributed by atoms with Gasteiger partial charge in [0.05, 0.1) is 20.3 Å². The first-order valence-electron chi connectivity index (χ1n) is 6.26. The number of alkyl halides is 1. The van der Waals surface area contributed by atoms with Gasteiger partial charge in [-0.1, -0.05) is 22.0 Å². The predicted molar refractivity (Wildman–Crippen MR) is 82.4 cm³/mol. The molecule has 1 aromatic carbocycles. The summed E-state index contributed by atoms with van der Waals surface area (Å²) < 4.78 is 17.3. The Kier molecular flexibility index (Phi) is 5.15. The molecule has 0 radical (unpaired) electrons. The fraction of sp³-hybridized carbons (Fsp3) is 0.571. The van der Waals surface area contributed by atoms with Gasteiger partial charge in [0.2, 0.25) is 0 Å². The molecule has 0 bridgehead atoms. The Morgan fingerprint density at radius 1 is 1.32 bits per heavy atom. The van der Waals surface area contributed by atoms with E-state index in [1.807, 2.05) is 12.1 Å². The van der Waals surface area contributed by atoms with Gasteiger partial charge in [-0.2, -0.15) is 0 Å². The lowest BCUT2D eigenvalue weighted by Crippen LogP contribution is -2.16. The monoisotopic (exact) mass is 392 g/mol. The second-order valence-electron chi connectivity index (χ2n) is 4.63. The molecule has 2 rings (SSSR count). The average Bonchev–Trinajstić information content (AvgIpc) is 2.83. The van der Waals surface area contributed by atoms with Crippen LogP contribution >= 0.6 is 31.9 Å². The van der Waals surface area contributed by atoms with Crippen LogP contribution in [0.4, 0.5) is 0 Å². The predicted octanol–water partition coefficient (Wildman–Crippen LogP) is 4.33. The number of hydrogen-bond donors (Lipinski definition) is 0. The molecule has 3 atom stereocenters. The van der Waals surface area contributed by atoms with Crippen molar-refractivity contribution in [1.82, 2.24) is 0 Å². The van der Waals surface area contributed by atoms with E-state index in [1.165, 1.54) is 0 Å². The van der Waals surface area contributed by atoms with E-state index >= 15 is 0 Å². The number of hydrogen-bond acceptors (Lipinski definition) is 3. The van der Waals surface area contributed by atoms with Crippen LogP contribution < -0.4 is 9.47 Å². The molecule has 1 saturated heterocycles. The van der Waals surface area contributed by atoms with Crippen molar-refractivity contribution in [3.05, 3.63) is 22.2 Å². The van der Waals surface area contributed by atoms with Gasteiger partial charge >= 0.3 is 0 Å². The molecule has 3 nitrogen and oxygen atoms in total. The van der Waals surface area contributed by atoms with Gasteiger partial charge < -0.3 is 14.2 Å². The maximum atomic E-state index is 5.65. The maximum Gasteiger partial charge on any atom is 0.141 e. The molecular formula is C14H18Br2O3. The highest BCUT2D eigenvalue weighted by molar-refractivity contribution is 9.10. The van der Waals surface area contributed by atoms with E-state index in [-0.39, 0.29) is 10.9 Å². The number of halogens is 2. The highest BCUT2D eigenvalue weighted by Gasteiger charge is 2.33. The van der Waals surface area contributed by atoms with Crippen molar-refractivity contribution >= 4 is 31.9 Å². The molecule has 5 heteroatoms. The molecule has 3 unspecified atom stereocenters. The topological polar surface area (TPSA) is 27.7 Å². The number of benzene rings is 1. The summed E-state index contributed by atoms with van der Waals surface area (Å²) in [5.74, 6) is 2.05. The minimum atomic E-state index is 0.210. The van der Waals surface area contributed by atoms with Gasteiger partial charge in [-0.15, -0.1) is 0 Å². The third kappa shape index (κ3) is 2.93. The zero-order valence-corrected chi connectivity index (χ0v) is 14.5. The van der Waals surface area contributed by atoms with Gasteiger partial charge in [0, 0.05) is 22.9 Å². The van der Waals surface area contributed by atoms with Crippen molar-refractivity contribution < 1.29 is 14.2 Å². The third-order valence-corrected chi connectivity index (χ3v) is 5.55. The molecule has 1 fully saturated rings. The first kappa shape index (κ1) is 15.1. The van der Waals surface area contributed by atoms with Crippen molar-refractivity contribution in [3.8, 4) is 11.5 Å². The van der Waals surface area contributed by atoms with Crippen LogP contribution in [-0.2, 0) is 4.74 Å². The van der Waals surface area contributed by atoms with Crippen LogP contribution in [0.2, 0.25) is 0 Å². The molecule has 106 valence electrons. The third-order valence-electron chi connectivity index (χ3n) is 3.62. The summed E-state index contributed by atoms with van der Waals surface area (Å²) in [6.45, 7) is 2.95. The molecule has 0 aromatic heterocycles. The summed E-state index contributed by atoms with van der Waals surface area (Å²) in [5, 5.41) is 0. The molecule has 0 N–H and O–H groups in total. The van der Waals surface area contributed by atoms with Crippen LogP contribution in [0.1, 0.15) is 23.7 Å². The molecule has 0 aliphatic carbocycles. The molecule has 19 heavy (non-hydrogen) atoms. The quantitative estimate of drug-likeness (QED) is 0.712. The first-order valence-corrected chi connectivity index (χ1v) is 7.97. The van der Waals surface area contributed by atoms with E-state index in [9.17, 15) is 0 Å². The normalized spacial score (nSPS) is 24.3. The van der Waals surface area contributed by atoms with Gasteiger partial charge in [0.15, 0.2) is 0 Å². The summed E-state index contributed by atoms with van der Waals surface area (Å²) >= 11 is 7.35. The lowest BCUT2D eigenvalue weighted by atomic mass is 9.93. The van der Waals surface area contributed by atoms with Crippen LogP contribution in [0.15, 0.2) is 16.6 Å². The minimum absolute atomic E-state index is 0.210. The lowest BCUT2D eigenvalue weighted by molar-refractivity contribution is 0.105. The summed E-state index contributed by atoms with van der Waals surface area (Å²) in [4.78, 5) is 0.210. The van der Waals surface area contributed by atoms with Crippen LogP contribution in [0.3, 0.4) is 0 Å². The van der Waals surface area contributed by atoms with Crippen LogP contribution in [0.25, 0.3) is 0 Å². The number of rotatable bonds is 4. The average molecular weight is 394 g/mol. The van der Waals surface area contributed by atoms with Crippen LogP contribution in [0, 0.1) is 5.92 Å². The zero-order valence-electron chi connectivity index (χ0n) is 11.3.